The van der Waals surface area contributed by atoms with E-state index in [2.05, 4.69) is 5.32 Å². The molecule has 0 saturated heterocycles. The normalized spacial score (nSPS) is 10.9. The van der Waals surface area contributed by atoms with E-state index in [9.17, 15) is 9.59 Å². The van der Waals surface area contributed by atoms with Crippen LogP contribution in [0.2, 0.25) is 0 Å². The predicted octanol–water partition coefficient (Wildman–Crippen LogP) is 1.47. The Bertz CT molecular complexity index is 507. The Morgan fingerprint density at radius 1 is 1.33 bits per heavy atom. The fourth-order valence-electron chi connectivity index (χ4n) is 1.34. The number of nitrogens with one attached hydrogen (secondary N) is 1. The average molecular weight is 251 g/mol. The first-order valence-corrected chi connectivity index (χ1v) is 5.03. The lowest BCUT2D eigenvalue weighted by molar-refractivity contribution is -0.134. The van der Waals surface area contributed by atoms with Crippen molar-refractivity contribution in [3.63, 3.8) is 0 Å². The van der Waals surface area contributed by atoms with Crippen LogP contribution in [0.3, 0.4) is 0 Å². The van der Waals surface area contributed by atoms with Crippen LogP contribution in [0, 0.1) is 6.92 Å². The summed E-state index contributed by atoms with van der Waals surface area (Å²) in [5, 5.41) is 20.0. The average Bonchev–Trinajstić information content (AvgIpc) is 2.27. The molecule has 0 radical (unpaired) electrons. The minimum Gasteiger partial charge on any atom is -0.495 e. The number of hydrogen-bond donors (Lipinski definition) is 3. The molecule has 18 heavy (non-hydrogen) atoms. The summed E-state index contributed by atoms with van der Waals surface area (Å²) >= 11 is 0. The maximum absolute atomic E-state index is 10.9. The van der Waals surface area contributed by atoms with E-state index in [0.717, 1.165) is 5.56 Å². The first-order chi connectivity index (χ1) is 8.43. The van der Waals surface area contributed by atoms with Gasteiger partial charge in [-0.15, -0.1) is 0 Å². The highest BCUT2D eigenvalue weighted by Crippen LogP contribution is 2.26. The lowest BCUT2D eigenvalue weighted by Gasteiger charge is -2.11. The molecule has 0 saturated carbocycles. The zero-order valence-electron chi connectivity index (χ0n) is 9.93. The third-order valence-corrected chi connectivity index (χ3v) is 2.12. The Morgan fingerprint density at radius 3 is 2.50 bits per heavy atom. The van der Waals surface area contributed by atoms with Crippen molar-refractivity contribution in [2.75, 3.05) is 12.4 Å². The number of carboxylic acids is 2. The summed E-state index contributed by atoms with van der Waals surface area (Å²) in [4.78, 5) is 21.4. The van der Waals surface area contributed by atoms with Gasteiger partial charge < -0.3 is 20.3 Å². The van der Waals surface area contributed by atoms with Crippen LogP contribution in [0.1, 0.15) is 5.56 Å². The zero-order chi connectivity index (χ0) is 13.7. The van der Waals surface area contributed by atoms with Crippen LogP contribution < -0.4 is 10.1 Å². The molecular weight excluding hydrogens is 238 g/mol. The van der Waals surface area contributed by atoms with Gasteiger partial charge in [-0.05, 0) is 24.6 Å². The van der Waals surface area contributed by atoms with Gasteiger partial charge in [-0.2, -0.15) is 0 Å². The third kappa shape index (κ3) is 3.51. The van der Waals surface area contributed by atoms with Crippen molar-refractivity contribution in [1.82, 2.24) is 0 Å². The smallest absolute Gasteiger partial charge is 0.352 e. The minimum atomic E-state index is -1.36. The van der Waals surface area contributed by atoms with E-state index in [4.69, 9.17) is 14.9 Å². The largest absolute Gasteiger partial charge is 0.495 e. The number of carboxylic acid groups (broad SMARTS) is 2. The Hall–Kier alpha value is -2.50. The fourth-order valence-corrected chi connectivity index (χ4v) is 1.34. The Balaban J connectivity index is 3.11. The van der Waals surface area contributed by atoms with Gasteiger partial charge in [0.25, 0.3) is 0 Å². The summed E-state index contributed by atoms with van der Waals surface area (Å²) in [5.74, 6) is -2.27. The summed E-state index contributed by atoms with van der Waals surface area (Å²) in [6.45, 7) is 1.83. The summed E-state index contributed by atoms with van der Waals surface area (Å²) in [6, 6.07) is 5.13. The lowest BCUT2D eigenvalue weighted by Crippen LogP contribution is -2.13. The van der Waals surface area contributed by atoms with Gasteiger partial charge in [0.05, 0.1) is 18.9 Å². The molecule has 1 aromatic carbocycles. The molecule has 96 valence electrons. The summed E-state index contributed by atoms with van der Waals surface area (Å²) < 4.78 is 5.06. The van der Waals surface area contributed by atoms with E-state index in [1.165, 1.54) is 7.11 Å². The quantitative estimate of drug-likeness (QED) is 0.686. The third-order valence-electron chi connectivity index (χ3n) is 2.12. The second kappa shape index (κ2) is 5.72. The Kier molecular flexibility index (Phi) is 4.31. The highest BCUT2D eigenvalue weighted by molar-refractivity contribution is 5.97. The van der Waals surface area contributed by atoms with Crippen molar-refractivity contribution < 1.29 is 24.5 Å². The Morgan fingerprint density at radius 2 is 2.00 bits per heavy atom. The SMILES string of the molecule is COc1ccc(C)cc1NC(=CC(=O)O)C(=O)O. The first kappa shape index (κ1) is 13.6. The highest BCUT2D eigenvalue weighted by Gasteiger charge is 2.12. The molecule has 0 bridgehead atoms. The van der Waals surface area contributed by atoms with Gasteiger partial charge in [0, 0.05) is 0 Å². The Labute approximate surface area is 104 Å². The molecule has 0 aromatic heterocycles. The summed E-state index contributed by atoms with van der Waals surface area (Å²) in [6.07, 6.45) is 0.587. The molecule has 0 amide bonds. The number of anilines is 1. The van der Waals surface area contributed by atoms with Crippen LogP contribution in [0.5, 0.6) is 5.75 Å². The van der Waals surface area contributed by atoms with Gasteiger partial charge in [0.1, 0.15) is 11.4 Å². The molecule has 0 aliphatic rings. The molecule has 1 aromatic rings. The van der Waals surface area contributed by atoms with Crippen LogP contribution in [0.4, 0.5) is 5.69 Å². The van der Waals surface area contributed by atoms with Gasteiger partial charge >= 0.3 is 11.9 Å². The maximum Gasteiger partial charge on any atom is 0.352 e. The molecule has 0 spiro atoms. The number of rotatable bonds is 5. The number of benzene rings is 1. The fraction of sp³-hybridized carbons (Fsp3) is 0.167. The molecule has 3 N–H and O–H groups in total. The number of carbonyl (C=O) groups is 2. The molecule has 0 atom stereocenters. The highest BCUT2D eigenvalue weighted by atomic mass is 16.5. The van der Waals surface area contributed by atoms with Gasteiger partial charge in [0.15, 0.2) is 0 Å². The second-order valence-corrected chi connectivity index (χ2v) is 3.53. The van der Waals surface area contributed by atoms with E-state index >= 15 is 0 Å². The molecule has 0 unspecified atom stereocenters. The van der Waals surface area contributed by atoms with Crippen LogP contribution >= 0.6 is 0 Å². The summed E-state index contributed by atoms with van der Waals surface area (Å²) in [5.41, 5.74) is 0.845. The van der Waals surface area contributed by atoms with Crippen molar-refractivity contribution in [3.05, 3.63) is 35.5 Å². The molecule has 0 aliphatic heterocycles. The van der Waals surface area contributed by atoms with Crippen LogP contribution in [0.15, 0.2) is 30.0 Å². The zero-order valence-corrected chi connectivity index (χ0v) is 9.93. The van der Waals surface area contributed by atoms with E-state index in [-0.39, 0.29) is 0 Å². The van der Waals surface area contributed by atoms with Crippen molar-refractivity contribution in [3.8, 4) is 5.75 Å². The van der Waals surface area contributed by atoms with Crippen LogP contribution in [-0.2, 0) is 9.59 Å². The summed E-state index contributed by atoms with van der Waals surface area (Å²) in [7, 11) is 1.44. The molecule has 0 fully saturated rings. The molecule has 0 aliphatic carbocycles. The number of hydrogen-bond acceptors (Lipinski definition) is 4. The van der Waals surface area contributed by atoms with Gasteiger partial charge in [-0.1, -0.05) is 6.07 Å². The van der Waals surface area contributed by atoms with E-state index < -0.39 is 17.6 Å². The number of aliphatic carboxylic acids is 2. The topological polar surface area (TPSA) is 95.9 Å². The molecule has 1 rings (SSSR count). The van der Waals surface area contributed by atoms with E-state index in [1.54, 1.807) is 18.2 Å². The minimum absolute atomic E-state index is 0.396. The number of ether oxygens (including phenoxy) is 1. The predicted molar refractivity (Wildman–Crippen MR) is 64.7 cm³/mol. The lowest BCUT2D eigenvalue weighted by atomic mass is 10.2. The van der Waals surface area contributed by atoms with Crippen LogP contribution in [0.25, 0.3) is 0 Å². The number of aryl methyl sites for hydroxylation is 1. The van der Waals surface area contributed by atoms with Crippen molar-refractivity contribution in [2.24, 2.45) is 0 Å². The first-order valence-electron chi connectivity index (χ1n) is 5.03. The molecule has 0 heterocycles. The van der Waals surface area contributed by atoms with Gasteiger partial charge in [0.2, 0.25) is 0 Å². The molecule has 6 heteroatoms. The molecular formula is C12H13NO5. The standard InChI is InChI=1S/C12H13NO5/c1-7-3-4-10(18-2)8(5-7)13-9(12(16)17)6-11(14)15/h3-6,13H,1-2H3,(H,14,15)(H,16,17). The van der Waals surface area contributed by atoms with Crippen molar-refractivity contribution in [1.29, 1.82) is 0 Å². The number of methoxy groups -OCH3 is 1. The van der Waals surface area contributed by atoms with E-state index in [1.807, 2.05) is 6.92 Å². The van der Waals surface area contributed by atoms with Crippen LogP contribution in [-0.4, -0.2) is 29.3 Å². The van der Waals surface area contributed by atoms with Crippen molar-refractivity contribution >= 4 is 17.6 Å². The maximum atomic E-state index is 10.9. The second-order valence-electron chi connectivity index (χ2n) is 3.53. The van der Waals surface area contributed by atoms with Gasteiger partial charge in [-0.3, -0.25) is 0 Å². The van der Waals surface area contributed by atoms with Crippen molar-refractivity contribution in [2.45, 2.75) is 6.92 Å². The monoisotopic (exact) mass is 251 g/mol. The van der Waals surface area contributed by atoms with Gasteiger partial charge in [-0.25, -0.2) is 9.59 Å². The molecule has 6 nitrogen and oxygen atoms in total. The van der Waals surface area contributed by atoms with E-state index in [0.29, 0.717) is 17.5 Å².